The summed E-state index contributed by atoms with van der Waals surface area (Å²) in [5, 5.41) is 12.9. The molecule has 0 saturated carbocycles. The standard InChI is InChI=1S/C11H21N3O4/c12-6-4-2-1-3-5-9(15)13-7-10(16)14-8-11(17)18/h1-8,12H2,(H,13,15)(H,14,16)(H,17,18). The molecular weight excluding hydrogens is 238 g/mol. The van der Waals surface area contributed by atoms with Crippen molar-refractivity contribution in [3.63, 3.8) is 0 Å². The molecule has 0 aromatic carbocycles. The summed E-state index contributed by atoms with van der Waals surface area (Å²) in [6, 6.07) is 0. The van der Waals surface area contributed by atoms with Crippen LogP contribution in [0.4, 0.5) is 0 Å². The van der Waals surface area contributed by atoms with Crippen molar-refractivity contribution in [1.82, 2.24) is 10.6 Å². The minimum atomic E-state index is -1.12. The number of hydrogen-bond donors (Lipinski definition) is 4. The highest BCUT2D eigenvalue weighted by atomic mass is 16.4. The number of carboxylic acids is 1. The summed E-state index contributed by atoms with van der Waals surface area (Å²) in [5.41, 5.74) is 5.34. The highest BCUT2D eigenvalue weighted by Crippen LogP contribution is 2.01. The number of rotatable bonds is 10. The van der Waals surface area contributed by atoms with Crippen LogP contribution in [0.3, 0.4) is 0 Å². The van der Waals surface area contributed by atoms with E-state index < -0.39 is 18.4 Å². The van der Waals surface area contributed by atoms with Gasteiger partial charge in [-0.25, -0.2) is 0 Å². The van der Waals surface area contributed by atoms with E-state index in [1.807, 2.05) is 0 Å². The molecule has 0 aromatic rings. The first-order valence-corrected chi connectivity index (χ1v) is 6.01. The van der Waals surface area contributed by atoms with Gasteiger partial charge in [0.1, 0.15) is 6.54 Å². The lowest BCUT2D eigenvalue weighted by Crippen LogP contribution is -2.38. The van der Waals surface area contributed by atoms with Crippen molar-refractivity contribution in [2.75, 3.05) is 19.6 Å². The van der Waals surface area contributed by atoms with Gasteiger partial charge in [-0.3, -0.25) is 14.4 Å². The van der Waals surface area contributed by atoms with Gasteiger partial charge < -0.3 is 21.5 Å². The summed E-state index contributed by atoms with van der Waals surface area (Å²) in [6.07, 6.45) is 4.04. The third-order valence-corrected chi connectivity index (χ3v) is 2.24. The Hall–Kier alpha value is -1.63. The van der Waals surface area contributed by atoms with Crippen LogP contribution in [0.2, 0.25) is 0 Å². The summed E-state index contributed by atoms with van der Waals surface area (Å²) in [4.78, 5) is 32.5. The van der Waals surface area contributed by atoms with Gasteiger partial charge in [0, 0.05) is 6.42 Å². The van der Waals surface area contributed by atoms with Crippen LogP contribution in [0.15, 0.2) is 0 Å². The Bertz CT molecular complexity index is 281. The molecule has 7 nitrogen and oxygen atoms in total. The molecule has 0 aliphatic carbocycles. The number of unbranched alkanes of at least 4 members (excludes halogenated alkanes) is 3. The number of nitrogens with one attached hydrogen (secondary N) is 2. The predicted octanol–water partition coefficient (Wildman–Crippen LogP) is -0.787. The summed E-state index contributed by atoms with van der Waals surface area (Å²) in [5.74, 6) is -1.82. The van der Waals surface area contributed by atoms with Crippen LogP contribution in [0.5, 0.6) is 0 Å². The van der Waals surface area contributed by atoms with Gasteiger partial charge in [-0.1, -0.05) is 12.8 Å². The van der Waals surface area contributed by atoms with Gasteiger partial charge in [0.15, 0.2) is 0 Å². The fourth-order valence-corrected chi connectivity index (χ4v) is 1.29. The summed E-state index contributed by atoms with van der Waals surface area (Å²) in [6.45, 7) is 0.0403. The average Bonchev–Trinajstić information content (AvgIpc) is 2.33. The SMILES string of the molecule is NCCCCCCC(=O)NCC(=O)NCC(=O)O. The fraction of sp³-hybridized carbons (Fsp3) is 0.727. The van der Waals surface area contributed by atoms with Crippen LogP contribution in [-0.4, -0.2) is 42.5 Å². The Balaban J connectivity index is 3.46. The van der Waals surface area contributed by atoms with E-state index >= 15 is 0 Å². The molecule has 0 atom stereocenters. The van der Waals surface area contributed by atoms with Gasteiger partial charge in [-0.05, 0) is 19.4 Å². The zero-order chi connectivity index (χ0) is 13.8. The Labute approximate surface area is 106 Å². The van der Waals surface area contributed by atoms with E-state index in [-0.39, 0.29) is 12.5 Å². The summed E-state index contributed by atoms with van der Waals surface area (Å²) < 4.78 is 0. The molecule has 7 heteroatoms. The molecule has 5 N–H and O–H groups in total. The number of hydrogen-bond acceptors (Lipinski definition) is 4. The van der Waals surface area contributed by atoms with Gasteiger partial charge in [-0.2, -0.15) is 0 Å². The molecule has 0 saturated heterocycles. The third kappa shape index (κ3) is 10.9. The maximum atomic E-state index is 11.3. The fourth-order valence-electron chi connectivity index (χ4n) is 1.29. The van der Waals surface area contributed by atoms with Crippen LogP contribution in [-0.2, 0) is 14.4 Å². The van der Waals surface area contributed by atoms with E-state index in [1.165, 1.54) is 0 Å². The van der Waals surface area contributed by atoms with Crippen molar-refractivity contribution in [2.45, 2.75) is 32.1 Å². The van der Waals surface area contributed by atoms with E-state index in [1.54, 1.807) is 0 Å². The lowest BCUT2D eigenvalue weighted by Gasteiger charge is -2.05. The minimum Gasteiger partial charge on any atom is -0.480 e. The zero-order valence-corrected chi connectivity index (χ0v) is 10.4. The second-order valence-electron chi connectivity index (χ2n) is 3.90. The molecule has 0 aromatic heterocycles. The van der Waals surface area contributed by atoms with Gasteiger partial charge in [0.25, 0.3) is 0 Å². The first-order valence-electron chi connectivity index (χ1n) is 6.01. The second kappa shape index (κ2) is 10.5. The lowest BCUT2D eigenvalue weighted by molar-refractivity contribution is -0.137. The largest absolute Gasteiger partial charge is 0.480 e. The van der Waals surface area contributed by atoms with Crippen molar-refractivity contribution in [1.29, 1.82) is 0 Å². The quantitative estimate of drug-likeness (QED) is 0.383. The Morgan fingerprint density at radius 2 is 1.50 bits per heavy atom. The first kappa shape index (κ1) is 16.4. The van der Waals surface area contributed by atoms with Crippen LogP contribution in [0, 0.1) is 0 Å². The van der Waals surface area contributed by atoms with Crippen molar-refractivity contribution < 1.29 is 19.5 Å². The van der Waals surface area contributed by atoms with Crippen LogP contribution >= 0.6 is 0 Å². The molecule has 0 bridgehead atoms. The molecule has 0 fully saturated rings. The van der Waals surface area contributed by atoms with E-state index in [0.717, 1.165) is 25.7 Å². The molecule has 0 rings (SSSR count). The van der Waals surface area contributed by atoms with E-state index in [9.17, 15) is 14.4 Å². The Morgan fingerprint density at radius 3 is 2.11 bits per heavy atom. The highest BCUT2D eigenvalue weighted by Gasteiger charge is 2.06. The van der Waals surface area contributed by atoms with E-state index in [0.29, 0.717) is 13.0 Å². The molecule has 0 spiro atoms. The molecule has 0 aliphatic heterocycles. The number of nitrogens with two attached hydrogens (primary N) is 1. The molecule has 0 aliphatic rings. The lowest BCUT2D eigenvalue weighted by atomic mass is 10.1. The first-order chi connectivity index (χ1) is 8.56. The van der Waals surface area contributed by atoms with E-state index in [4.69, 9.17) is 10.8 Å². The summed E-state index contributed by atoms with van der Waals surface area (Å²) in [7, 11) is 0. The van der Waals surface area contributed by atoms with Crippen molar-refractivity contribution in [3.05, 3.63) is 0 Å². The normalized spacial score (nSPS) is 9.83. The molecule has 18 heavy (non-hydrogen) atoms. The third-order valence-electron chi connectivity index (χ3n) is 2.24. The number of carboxylic acid groups (broad SMARTS) is 1. The Kier molecular flexibility index (Phi) is 9.57. The Morgan fingerprint density at radius 1 is 0.889 bits per heavy atom. The van der Waals surface area contributed by atoms with Gasteiger partial charge in [0.05, 0.1) is 6.54 Å². The van der Waals surface area contributed by atoms with Crippen LogP contribution in [0.25, 0.3) is 0 Å². The maximum Gasteiger partial charge on any atom is 0.322 e. The smallest absolute Gasteiger partial charge is 0.322 e. The molecule has 0 unspecified atom stereocenters. The number of carbonyl (C=O) groups excluding carboxylic acids is 2. The van der Waals surface area contributed by atoms with E-state index in [2.05, 4.69) is 10.6 Å². The van der Waals surface area contributed by atoms with Gasteiger partial charge >= 0.3 is 5.97 Å². The van der Waals surface area contributed by atoms with Crippen LogP contribution in [0.1, 0.15) is 32.1 Å². The van der Waals surface area contributed by atoms with Gasteiger partial charge in [-0.15, -0.1) is 0 Å². The topological polar surface area (TPSA) is 122 Å². The van der Waals surface area contributed by atoms with Crippen molar-refractivity contribution >= 4 is 17.8 Å². The predicted molar refractivity (Wildman–Crippen MR) is 65.8 cm³/mol. The number of aliphatic carboxylic acids is 1. The van der Waals surface area contributed by atoms with Gasteiger partial charge in [0.2, 0.25) is 11.8 Å². The highest BCUT2D eigenvalue weighted by molar-refractivity contribution is 5.86. The zero-order valence-electron chi connectivity index (χ0n) is 10.4. The maximum absolute atomic E-state index is 11.3. The molecule has 0 radical (unpaired) electrons. The minimum absolute atomic E-state index is 0.186. The monoisotopic (exact) mass is 259 g/mol. The van der Waals surface area contributed by atoms with Crippen LogP contribution < -0.4 is 16.4 Å². The molecular formula is C11H21N3O4. The number of carbonyl (C=O) groups is 3. The van der Waals surface area contributed by atoms with Crippen molar-refractivity contribution in [3.8, 4) is 0 Å². The average molecular weight is 259 g/mol. The van der Waals surface area contributed by atoms with Crippen molar-refractivity contribution in [2.24, 2.45) is 5.73 Å². The second-order valence-corrected chi connectivity index (χ2v) is 3.90. The number of amides is 2. The molecule has 104 valence electrons. The molecule has 0 heterocycles. The summed E-state index contributed by atoms with van der Waals surface area (Å²) >= 11 is 0. The molecule has 2 amide bonds.